The molecule has 0 saturated heterocycles. The van der Waals surface area contributed by atoms with Crippen LogP contribution in [0, 0.1) is 0 Å². The Balaban J connectivity index is 1.87. The van der Waals surface area contributed by atoms with Crippen molar-refractivity contribution in [3.63, 3.8) is 0 Å². The van der Waals surface area contributed by atoms with Gasteiger partial charge in [-0.05, 0) is 32.0 Å². The Morgan fingerprint density at radius 1 is 1.38 bits per heavy atom. The van der Waals surface area contributed by atoms with Crippen LogP contribution in [0.5, 0.6) is 5.75 Å². The average Bonchev–Trinajstić information content (AvgIpc) is 3.06. The standard InChI is InChI=1S/C15H17F3N4O2/c1-10(11(2)22-9-19-8-20-22)21-14(23)7-24-13-5-3-4-12(6-13)15(16,17)18/h3-6,8-11H,7H2,1-2H3,(H,21,23)/t10-,11-/m1/s1. The number of hydrogen-bond donors (Lipinski definition) is 1. The monoisotopic (exact) mass is 342 g/mol. The average molecular weight is 342 g/mol. The van der Waals surface area contributed by atoms with E-state index in [-0.39, 0.29) is 24.4 Å². The summed E-state index contributed by atoms with van der Waals surface area (Å²) in [6.07, 6.45) is -1.53. The van der Waals surface area contributed by atoms with E-state index >= 15 is 0 Å². The molecule has 1 aromatic carbocycles. The lowest BCUT2D eigenvalue weighted by molar-refractivity contribution is -0.137. The molecule has 0 fully saturated rings. The van der Waals surface area contributed by atoms with E-state index in [0.717, 1.165) is 12.1 Å². The SMILES string of the molecule is C[C@H]([C@@H](C)NC(=O)COc1cccc(C(F)(F)F)c1)n1cncn1. The van der Waals surface area contributed by atoms with E-state index in [1.54, 1.807) is 11.6 Å². The fraction of sp³-hybridized carbons (Fsp3) is 0.400. The van der Waals surface area contributed by atoms with Gasteiger partial charge in [0.15, 0.2) is 6.61 Å². The second-order valence-corrected chi connectivity index (χ2v) is 5.29. The van der Waals surface area contributed by atoms with Crippen LogP contribution < -0.4 is 10.1 Å². The van der Waals surface area contributed by atoms with E-state index in [1.807, 2.05) is 6.92 Å². The molecule has 0 bridgehead atoms. The van der Waals surface area contributed by atoms with Gasteiger partial charge in [-0.25, -0.2) is 9.67 Å². The summed E-state index contributed by atoms with van der Waals surface area (Å²) in [5.41, 5.74) is -0.825. The van der Waals surface area contributed by atoms with E-state index in [2.05, 4.69) is 15.4 Å². The number of nitrogens with zero attached hydrogens (tertiary/aromatic N) is 3. The topological polar surface area (TPSA) is 69.0 Å². The number of rotatable bonds is 6. The molecule has 0 spiro atoms. The summed E-state index contributed by atoms with van der Waals surface area (Å²) >= 11 is 0. The highest BCUT2D eigenvalue weighted by molar-refractivity contribution is 5.77. The number of carbonyl (C=O) groups excluding carboxylic acids is 1. The number of carbonyl (C=O) groups is 1. The lowest BCUT2D eigenvalue weighted by Crippen LogP contribution is -2.40. The van der Waals surface area contributed by atoms with Crippen LogP contribution in [-0.4, -0.2) is 33.3 Å². The number of nitrogens with one attached hydrogen (secondary N) is 1. The number of alkyl halides is 3. The second-order valence-electron chi connectivity index (χ2n) is 5.29. The summed E-state index contributed by atoms with van der Waals surface area (Å²) < 4.78 is 44.6. The number of halogens is 3. The van der Waals surface area contributed by atoms with Crippen LogP contribution in [0.1, 0.15) is 25.5 Å². The predicted molar refractivity (Wildman–Crippen MR) is 79.3 cm³/mol. The lowest BCUT2D eigenvalue weighted by Gasteiger charge is -2.21. The van der Waals surface area contributed by atoms with Gasteiger partial charge in [-0.3, -0.25) is 4.79 Å². The van der Waals surface area contributed by atoms with Gasteiger partial charge in [0.2, 0.25) is 0 Å². The fourth-order valence-corrected chi connectivity index (χ4v) is 1.98. The summed E-state index contributed by atoms with van der Waals surface area (Å²) in [6, 6.07) is 3.99. The summed E-state index contributed by atoms with van der Waals surface area (Å²) in [7, 11) is 0. The molecule has 2 aromatic rings. The Hall–Kier alpha value is -2.58. The highest BCUT2D eigenvalue weighted by Crippen LogP contribution is 2.31. The first-order valence-corrected chi connectivity index (χ1v) is 7.21. The number of aromatic nitrogens is 3. The molecule has 6 nitrogen and oxygen atoms in total. The van der Waals surface area contributed by atoms with Crippen LogP contribution in [-0.2, 0) is 11.0 Å². The predicted octanol–water partition coefficient (Wildman–Crippen LogP) is 2.44. The van der Waals surface area contributed by atoms with Crippen molar-refractivity contribution in [1.82, 2.24) is 20.1 Å². The molecule has 1 heterocycles. The first-order valence-electron chi connectivity index (χ1n) is 7.21. The van der Waals surface area contributed by atoms with E-state index in [4.69, 9.17) is 4.74 Å². The lowest BCUT2D eigenvalue weighted by atomic mass is 10.2. The minimum atomic E-state index is -4.45. The Morgan fingerprint density at radius 3 is 2.75 bits per heavy atom. The van der Waals surface area contributed by atoms with E-state index < -0.39 is 17.6 Å². The first kappa shape index (κ1) is 17.8. The van der Waals surface area contributed by atoms with Crippen LogP contribution in [0.2, 0.25) is 0 Å². The van der Waals surface area contributed by atoms with Gasteiger partial charge in [-0.1, -0.05) is 6.07 Å². The smallest absolute Gasteiger partial charge is 0.416 e. The molecule has 0 saturated carbocycles. The van der Waals surface area contributed by atoms with Crippen molar-refractivity contribution in [1.29, 1.82) is 0 Å². The van der Waals surface area contributed by atoms with Crippen molar-refractivity contribution in [2.75, 3.05) is 6.61 Å². The minimum absolute atomic E-state index is 0.0167. The fourth-order valence-electron chi connectivity index (χ4n) is 1.98. The van der Waals surface area contributed by atoms with Crippen molar-refractivity contribution in [2.45, 2.75) is 32.1 Å². The third kappa shape index (κ3) is 4.71. The van der Waals surface area contributed by atoms with Crippen molar-refractivity contribution in [2.24, 2.45) is 0 Å². The maximum atomic E-state index is 12.6. The van der Waals surface area contributed by atoms with Crippen LogP contribution in [0.15, 0.2) is 36.9 Å². The number of amides is 1. The molecule has 130 valence electrons. The third-order valence-electron chi connectivity index (χ3n) is 3.50. The van der Waals surface area contributed by atoms with Crippen LogP contribution in [0.4, 0.5) is 13.2 Å². The molecule has 0 aliphatic carbocycles. The van der Waals surface area contributed by atoms with Crippen molar-refractivity contribution in [3.05, 3.63) is 42.5 Å². The normalized spacial score (nSPS) is 14.0. The van der Waals surface area contributed by atoms with Gasteiger partial charge in [-0.15, -0.1) is 0 Å². The van der Waals surface area contributed by atoms with Gasteiger partial charge in [0.25, 0.3) is 5.91 Å². The molecule has 0 aliphatic heterocycles. The third-order valence-corrected chi connectivity index (χ3v) is 3.50. The summed E-state index contributed by atoms with van der Waals surface area (Å²) in [4.78, 5) is 15.7. The molecule has 1 aromatic heterocycles. The van der Waals surface area contributed by atoms with Crippen LogP contribution in [0.25, 0.3) is 0 Å². The van der Waals surface area contributed by atoms with Crippen LogP contribution in [0.3, 0.4) is 0 Å². The zero-order valence-corrected chi connectivity index (χ0v) is 13.1. The molecule has 1 N–H and O–H groups in total. The second kappa shape index (κ2) is 7.33. The van der Waals surface area contributed by atoms with Crippen molar-refractivity contribution >= 4 is 5.91 Å². The number of benzene rings is 1. The molecule has 2 atom stereocenters. The quantitative estimate of drug-likeness (QED) is 0.875. The van der Waals surface area contributed by atoms with Gasteiger partial charge >= 0.3 is 6.18 Å². The molecular weight excluding hydrogens is 325 g/mol. The first-order chi connectivity index (χ1) is 11.3. The Kier molecular flexibility index (Phi) is 5.42. The largest absolute Gasteiger partial charge is 0.484 e. The van der Waals surface area contributed by atoms with Gasteiger partial charge in [-0.2, -0.15) is 18.3 Å². The van der Waals surface area contributed by atoms with E-state index in [1.165, 1.54) is 24.8 Å². The molecule has 0 unspecified atom stereocenters. The maximum absolute atomic E-state index is 12.6. The number of ether oxygens (including phenoxy) is 1. The summed E-state index contributed by atoms with van der Waals surface area (Å²) in [5.74, 6) is -0.455. The Bertz CT molecular complexity index is 674. The molecule has 0 radical (unpaired) electrons. The highest BCUT2D eigenvalue weighted by atomic mass is 19.4. The highest BCUT2D eigenvalue weighted by Gasteiger charge is 2.30. The zero-order valence-electron chi connectivity index (χ0n) is 13.1. The van der Waals surface area contributed by atoms with Gasteiger partial charge in [0, 0.05) is 6.04 Å². The van der Waals surface area contributed by atoms with Gasteiger partial charge in [0.05, 0.1) is 11.6 Å². The zero-order chi connectivity index (χ0) is 17.7. The van der Waals surface area contributed by atoms with E-state index in [0.29, 0.717) is 0 Å². The maximum Gasteiger partial charge on any atom is 0.416 e. The van der Waals surface area contributed by atoms with Crippen molar-refractivity contribution < 1.29 is 22.7 Å². The molecule has 1 amide bonds. The minimum Gasteiger partial charge on any atom is -0.484 e. The Labute approximate surface area is 136 Å². The molecule has 0 aliphatic rings. The number of hydrogen-bond acceptors (Lipinski definition) is 4. The molecular formula is C15H17F3N4O2. The van der Waals surface area contributed by atoms with Crippen LogP contribution >= 0.6 is 0 Å². The molecule has 9 heteroatoms. The molecule has 2 rings (SSSR count). The Morgan fingerprint density at radius 2 is 2.12 bits per heavy atom. The molecule has 24 heavy (non-hydrogen) atoms. The van der Waals surface area contributed by atoms with Crippen molar-refractivity contribution in [3.8, 4) is 5.75 Å². The van der Waals surface area contributed by atoms with E-state index in [9.17, 15) is 18.0 Å². The van der Waals surface area contributed by atoms with Gasteiger partial charge in [0.1, 0.15) is 18.4 Å². The summed E-state index contributed by atoms with van der Waals surface area (Å²) in [5, 5.41) is 6.70. The summed E-state index contributed by atoms with van der Waals surface area (Å²) in [6.45, 7) is 3.26. The van der Waals surface area contributed by atoms with Gasteiger partial charge < -0.3 is 10.1 Å².